The molecule has 2 amide bonds. The molecule has 1 fully saturated rings. The SMILES string of the molecule is CC(NC(=O)NCC1CCOC1C(C)C)c1cccnc1. The maximum Gasteiger partial charge on any atom is 0.315 e. The number of amides is 2. The van der Waals surface area contributed by atoms with Gasteiger partial charge in [-0.3, -0.25) is 4.98 Å². The lowest BCUT2D eigenvalue weighted by atomic mass is 9.93. The molecule has 3 unspecified atom stereocenters. The Morgan fingerprint density at radius 3 is 2.95 bits per heavy atom. The molecule has 2 rings (SSSR count). The van der Waals surface area contributed by atoms with Crippen molar-refractivity contribution in [3.63, 3.8) is 0 Å². The van der Waals surface area contributed by atoms with Crippen molar-refractivity contribution >= 4 is 6.03 Å². The van der Waals surface area contributed by atoms with E-state index in [1.165, 1.54) is 0 Å². The molecular formula is C16H25N3O2. The first-order valence-corrected chi connectivity index (χ1v) is 7.64. The van der Waals surface area contributed by atoms with E-state index < -0.39 is 0 Å². The van der Waals surface area contributed by atoms with E-state index in [4.69, 9.17) is 4.74 Å². The molecule has 1 aliphatic rings. The first kappa shape index (κ1) is 15.8. The van der Waals surface area contributed by atoms with E-state index in [-0.39, 0.29) is 18.2 Å². The zero-order valence-corrected chi connectivity index (χ0v) is 13.0. The van der Waals surface area contributed by atoms with E-state index in [0.29, 0.717) is 18.4 Å². The van der Waals surface area contributed by atoms with Crippen molar-refractivity contribution in [1.82, 2.24) is 15.6 Å². The second-order valence-corrected chi connectivity index (χ2v) is 5.99. The van der Waals surface area contributed by atoms with E-state index in [0.717, 1.165) is 18.6 Å². The Hall–Kier alpha value is -1.62. The molecule has 1 aromatic heterocycles. The van der Waals surface area contributed by atoms with Crippen LogP contribution in [0.25, 0.3) is 0 Å². The van der Waals surface area contributed by atoms with Gasteiger partial charge in [-0.15, -0.1) is 0 Å². The summed E-state index contributed by atoms with van der Waals surface area (Å²) in [5, 5.41) is 5.89. The number of ether oxygens (including phenoxy) is 1. The quantitative estimate of drug-likeness (QED) is 0.876. The predicted octanol–water partition coefficient (Wildman–Crippen LogP) is 2.50. The van der Waals surface area contributed by atoms with Gasteiger partial charge >= 0.3 is 6.03 Å². The summed E-state index contributed by atoms with van der Waals surface area (Å²) in [4.78, 5) is 16.0. The fraction of sp³-hybridized carbons (Fsp3) is 0.625. The number of carbonyl (C=O) groups excluding carboxylic acids is 1. The van der Waals surface area contributed by atoms with Gasteiger partial charge < -0.3 is 15.4 Å². The van der Waals surface area contributed by atoms with Crippen molar-refractivity contribution < 1.29 is 9.53 Å². The van der Waals surface area contributed by atoms with Crippen molar-refractivity contribution in [2.75, 3.05) is 13.2 Å². The summed E-state index contributed by atoms with van der Waals surface area (Å²) in [5.41, 5.74) is 0.997. The molecule has 0 aliphatic carbocycles. The standard InChI is InChI=1S/C16H25N3O2/c1-11(2)15-14(6-8-21-15)10-18-16(20)19-12(3)13-5-4-7-17-9-13/h4-5,7,9,11-12,14-15H,6,8,10H2,1-3H3,(H2,18,19,20). The molecular weight excluding hydrogens is 266 g/mol. The van der Waals surface area contributed by atoms with E-state index in [9.17, 15) is 4.79 Å². The Bertz CT molecular complexity index is 450. The molecule has 21 heavy (non-hydrogen) atoms. The number of nitrogens with zero attached hydrogens (tertiary/aromatic N) is 1. The molecule has 0 spiro atoms. The molecule has 2 heterocycles. The fourth-order valence-electron chi connectivity index (χ4n) is 2.80. The summed E-state index contributed by atoms with van der Waals surface area (Å²) >= 11 is 0. The van der Waals surface area contributed by atoms with Crippen LogP contribution in [0.3, 0.4) is 0 Å². The average Bonchev–Trinajstić information content (AvgIpc) is 2.94. The number of pyridine rings is 1. The van der Waals surface area contributed by atoms with E-state index in [1.54, 1.807) is 12.4 Å². The topological polar surface area (TPSA) is 63.2 Å². The summed E-state index contributed by atoms with van der Waals surface area (Å²) in [6, 6.07) is 3.63. The van der Waals surface area contributed by atoms with Gasteiger partial charge in [-0.25, -0.2) is 4.79 Å². The van der Waals surface area contributed by atoms with Crippen molar-refractivity contribution in [3.05, 3.63) is 30.1 Å². The molecule has 0 radical (unpaired) electrons. The highest BCUT2D eigenvalue weighted by Gasteiger charge is 2.30. The van der Waals surface area contributed by atoms with E-state index in [1.807, 2.05) is 19.1 Å². The highest BCUT2D eigenvalue weighted by Crippen LogP contribution is 2.26. The average molecular weight is 291 g/mol. The minimum atomic E-state index is -0.138. The van der Waals surface area contributed by atoms with Gasteiger partial charge in [-0.1, -0.05) is 19.9 Å². The molecule has 2 N–H and O–H groups in total. The van der Waals surface area contributed by atoms with Crippen LogP contribution in [0.15, 0.2) is 24.5 Å². The molecule has 1 aromatic rings. The summed E-state index contributed by atoms with van der Waals surface area (Å²) in [6.07, 6.45) is 4.76. The minimum absolute atomic E-state index is 0.0561. The van der Waals surface area contributed by atoms with Gasteiger partial charge in [0.2, 0.25) is 0 Å². The third-order valence-corrected chi connectivity index (χ3v) is 3.98. The van der Waals surface area contributed by atoms with Crippen LogP contribution in [0.5, 0.6) is 0 Å². The minimum Gasteiger partial charge on any atom is -0.378 e. The van der Waals surface area contributed by atoms with Gasteiger partial charge in [-0.05, 0) is 30.9 Å². The van der Waals surface area contributed by atoms with Crippen molar-refractivity contribution in [1.29, 1.82) is 0 Å². The molecule has 0 saturated carbocycles. The number of urea groups is 1. The molecule has 116 valence electrons. The normalized spacial score (nSPS) is 23.0. The van der Waals surface area contributed by atoms with Crippen molar-refractivity contribution in [2.45, 2.75) is 39.3 Å². The first-order valence-electron chi connectivity index (χ1n) is 7.64. The molecule has 5 nitrogen and oxygen atoms in total. The Kier molecular flexibility index (Phi) is 5.56. The van der Waals surface area contributed by atoms with E-state index in [2.05, 4.69) is 29.5 Å². The fourth-order valence-corrected chi connectivity index (χ4v) is 2.80. The zero-order valence-electron chi connectivity index (χ0n) is 13.0. The predicted molar refractivity (Wildman–Crippen MR) is 81.9 cm³/mol. The maximum atomic E-state index is 12.0. The van der Waals surface area contributed by atoms with Gasteiger partial charge in [0.25, 0.3) is 0 Å². The van der Waals surface area contributed by atoms with Crippen LogP contribution < -0.4 is 10.6 Å². The highest BCUT2D eigenvalue weighted by molar-refractivity contribution is 5.74. The molecule has 1 aliphatic heterocycles. The van der Waals surface area contributed by atoms with Crippen LogP contribution in [0.1, 0.15) is 38.8 Å². The largest absolute Gasteiger partial charge is 0.378 e. The third kappa shape index (κ3) is 4.43. The van der Waals surface area contributed by atoms with Crippen LogP contribution in [-0.2, 0) is 4.74 Å². The lowest BCUT2D eigenvalue weighted by molar-refractivity contribution is 0.0545. The third-order valence-electron chi connectivity index (χ3n) is 3.98. The first-order chi connectivity index (χ1) is 10.1. The van der Waals surface area contributed by atoms with Gasteiger partial charge in [0.1, 0.15) is 0 Å². The lowest BCUT2D eigenvalue weighted by Gasteiger charge is -2.23. The second-order valence-electron chi connectivity index (χ2n) is 5.99. The van der Waals surface area contributed by atoms with Crippen LogP contribution in [0.2, 0.25) is 0 Å². The van der Waals surface area contributed by atoms with Crippen LogP contribution >= 0.6 is 0 Å². The Balaban J connectivity index is 1.77. The Morgan fingerprint density at radius 1 is 1.48 bits per heavy atom. The number of rotatable bonds is 5. The summed E-state index contributed by atoms with van der Waals surface area (Å²) in [7, 11) is 0. The lowest BCUT2D eigenvalue weighted by Crippen LogP contribution is -2.41. The smallest absolute Gasteiger partial charge is 0.315 e. The Labute approximate surface area is 126 Å². The van der Waals surface area contributed by atoms with Crippen molar-refractivity contribution in [2.24, 2.45) is 11.8 Å². The van der Waals surface area contributed by atoms with Crippen LogP contribution in [0, 0.1) is 11.8 Å². The van der Waals surface area contributed by atoms with Gasteiger partial charge in [-0.2, -0.15) is 0 Å². The van der Waals surface area contributed by atoms with Gasteiger partial charge in [0.15, 0.2) is 0 Å². The highest BCUT2D eigenvalue weighted by atomic mass is 16.5. The molecule has 0 aromatic carbocycles. The maximum absolute atomic E-state index is 12.0. The zero-order chi connectivity index (χ0) is 15.2. The molecule has 0 bridgehead atoms. The number of carbonyl (C=O) groups is 1. The molecule has 1 saturated heterocycles. The number of nitrogens with one attached hydrogen (secondary N) is 2. The molecule has 5 heteroatoms. The second kappa shape index (κ2) is 7.41. The Morgan fingerprint density at radius 2 is 2.29 bits per heavy atom. The molecule has 3 atom stereocenters. The summed E-state index contributed by atoms with van der Waals surface area (Å²) in [5.74, 6) is 0.890. The van der Waals surface area contributed by atoms with E-state index >= 15 is 0 Å². The van der Waals surface area contributed by atoms with Crippen molar-refractivity contribution in [3.8, 4) is 0 Å². The number of aromatic nitrogens is 1. The van der Waals surface area contributed by atoms with Gasteiger partial charge in [0.05, 0.1) is 12.1 Å². The number of hydrogen-bond donors (Lipinski definition) is 2. The van der Waals surface area contributed by atoms with Crippen LogP contribution in [-0.4, -0.2) is 30.3 Å². The van der Waals surface area contributed by atoms with Gasteiger partial charge in [0, 0.05) is 31.5 Å². The monoisotopic (exact) mass is 291 g/mol. The van der Waals surface area contributed by atoms with Crippen LogP contribution in [0.4, 0.5) is 4.79 Å². The summed E-state index contributed by atoms with van der Waals surface area (Å²) < 4.78 is 5.73. The summed E-state index contributed by atoms with van der Waals surface area (Å²) in [6.45, 7) is 7.73. The number of hydrogen-bond acceptors (Lipinski definition) is 3.